The van der Waals surface area contributed by atoms with E-state index in [1.807, 2.05) is 38.1 Å². The number of nitrogens with two attached hydrogens (primary N) is 2. The number of thiophene rings is 1. The summed E-state index contributed by atoms with van der Waals surface area (Å²) in [5, 5.41) is 18.1. The van der Waals surface area contributed by atoms with Crippen LogP contribution in [0.2, 0.25) is 5.02 Å². The Bertz CT molecular complexity index is 1010. The van der Waals surface area contributed by atoms with E-state index in [0.717, 1.165) is 32.1 Å². The average Bonchev–Trinajstić information content (AvgIpc) is 3.02. The van der Waals surface area contributed by atoms with Gasteiger partial charge in [-0.3, -0.25) is 27.0 Å². The van der Waals surface area contributed by atoms with Gasteiger partial charge in [-0.2, -0.15) is 0 Å². The van der Waals surface area contributed by atoms with Crippen LogP contribution in [0.3, 0.4) is 0 Å². The molecule has 0 radical (unpaired) electrons. The Labute approximate surface area is 186 Å². The van der Waals surface area contributed by atoms with Crippen LogP contribution < -0.4 is 21.9 Å². The molecule has 0 bridgehead atoms. The molecular weight excluding hydrogens is 416 g/mol. The summed E-state index contributed by atoms with van der Waals surface area (Å²) in [5.41, 5.74) is 12.0. The zero-order valence-electron chi connectivity index (χ0n) is 17.4. The van der Waals surface area contributed by atoms with Crippen LogP contribution in [0.25, 0.3) is 5.57 Å². The maximum Gasteiger partial charge on any atom is 0.111 e. The predicted molar refractivity (Wildman–Crippen MR) is 130 cm³/mol. The Hall–Kier alpha value is -2.47. The molecule has 30 heavy (non-hydrogen) atoms. The fourth-order valence-electron chi connectivity index (χ4n) is 2.90. The van der Waals surface area contributed by atoms with Crippen LogP contribution >= 0.6 is 22.9 Å². The van der Waals surface area contributed by atoms with Crippen molar-refractivity contribution < 1.29 is 0 Å². The molecule has 1 aromatic carbocycles. The lowest BCUT2D eigenvalue weighted by molar-refractivity contribution is 0.680. The molecule has 0 aliphatic rings. The van der Waals surface area contributed by atoms with E-state index in [9.17, 15) is 0 Å². The molecule has 0 amide bonds. The third-order valence-corrected chi connectivity index (χ3v) is 5.92. The molecule has 6 nitrogen and oxygen atoms in total. The van der Waals surface area contributed by atoms with Crippen molar-refractivity contribution in [2.24, 2.45) is 11.6 Å². The van der Waals surface area contributed by atoms with Gasteiger partial charge in [-0.05, 0) is 42.7 Å². The van der Waals surface area contributed by atoms with Crippen LogP contribution in [0, 0.1) is 29.6 Å². The largest absolute Gasteiger partial charge is 0.317 e. The first kappa shape index (κ1) is 23.8. The molecule has 2 aromatic rings. The average molecular weight is 443 g/mol. The van der Waals surface area contributed by atoms with E-state index in [1.54, 1.807) is 11.8 Å². The molecule has 1 unspecified atom stereocenters. The van der Waals surface area contributed by atoms with E-state index in [0.29, 0.717) is 23.8 Å². The molecule has 0 fully saturated rings. The minimum absolute atomic E-state index is 0.261. The van der Waals surface area contributed by atoms with Crippen LogP contribution in [-0.4, -0.2) is 24.3 Å². The first-order valence-electron chi connectivity index (χ1n) is 9.43. The summed E-state index contributed by atoms with van der Waals surface area (Å²) in [6, 6.07) is 7.05. The highest BCUT2D eigenvalue weighted by molar-refractivity contribution is 7.17. The van der Waals surface area contributed by atoms with Crippen molar-refractivity contribution in [2.45, 2.75) is 33.2 Å². The maximum atomic E-state index is 8.40. The number of nitrogens with zero attached hydrogens (tertiary/aromatic N) is 1. The number of amidine groups is 2. The molecule has 2 rings (SSSR count). The minimum Gasteiger partial charge on any atom is -0.317 e. The molecule has 8 heteroatoms. The van der Waals surface area contributed by atoms with Crippen molar-refractivity contribution in [3.63, 3.8) is 0 Å². The van der Waals surface area contributed by atoms with Gasteiger partial charge in [0.15, 0.2) is 0 Å². The van der Waals surface area contributed by atoms with Gasteiger partial charge in [0.1, 0.15) is 16.7 Å². The van der Waals surface area contributed by atoms with Gasteiger partial charge in [-0.15, -0.1) is 11.3 Å². The monoisotopic (exact) mass is 442 g/mol. The number of benzene rings is 1. The van der Waals surface area contributed by atoms with Gasteiger partial charge in [0.05, 0.1) is 10.9 Å². The lowest BCUT2D eigenvalue weighted by atomic mass is 9.97. The number of halogens is 1. The third kappa shape index (κ3) is 5.36. The Kier molecular flexibility index (Phi) is 8.35. The van der Waals surface area contributed by atoms with E-state index in [-0.39, 0.29) is 5.84 Å². The summed E-state index contributed by atoms with van der Waals surface area (Å²) in [6.45, 7) is 10.2. The number of nitrogens with one attached hydrogen (secondary N) is 3. The van der Waals surface area contributed by atoms with Crippen molar-refractivity contribution in [3.8, 4) is 11.8 Å². The maximum absolute atomic E-state index is 8.40. The van der Waals surface area contributed by atoms with Crippen molar-refractivity contribution in [1.82, 2.24) is 5.43 Å². The van der Waals surface area contributed by atoms with E-state index >= 15 is 0 Å². The van der Waals surface area contributed by atoms with Crippen LogP contribution in [-0.2, 0) is 0 Å². The van der Waals surface area contributed by atoms with Crippen LogP contribution in [0.4, 0.5) is 5.00 Å². The zero-order chi connectivity index (χ0) is 22.4. The third-order valence-electron chi connectivity index (χ3n) is 4.47. The van der Waals surface area contributed by atoms with Crippen molar-refractivity contribution in [3.05, 3.63) is 57.4 Å². The van der Waals surface area contributed by atoms with Crippen molar-refractivity contribution in [1.29, 1.82) is 10.8 Å². The van der Waals surface area contributed by atoms with Gasteiger partial charge in [-0.25, -0.2) is 0 Å². The van der Waals surface area contributed by atoms with Crippen molar-refractivity contribution >= 4 is 45.2 Å². The van der Waals surface area contributed by atoms with Gasteiger partial charge < -0.3 is 5.73 Å². The van der Waals surface area contributed by atoms with Gasteiger partial charge in [-0.1, -0.05) is 49.1 Å². The zero-order valence-corrected chi connectivity index (χ0v) is 19.0. The lowest BCUT2D eigenvalue weighted by Gasteiger charge is -2.24. The summed E-state index contributed by atoms with van der Waals surface area (Å²) in [7, 11) is 0. The number of hydrogen-bond acceptors (Lipinski definition) is 6. The molecule has 1 atom stereocenters. The van der Waals surface area contributed by atoms with Gasteiger partial charge >= 0.3 is 0 Å². The second-order valence-corrected chi connectivity index (χ2v) is 8.16. The second-order valence-electron chi connectivity index (χ2n) is 6.73. The highest BCUT2D eigenvalue weighted by Crippen LogP contribution is 2.42. The lowest BCUT2D eigenvalue weighted by Crippen LogP contribution is -2.36. The second kappa shape index (κ2) is 10.5. The van der Waals surface area contributed by atoms with E-state index in [2.05, 4.69) is 23.8 Å². The molecule has 7 N–H and O–H groups in total. The smallest absolute Gasteiger partial charge is 0.111 e. The van der Waals surface area contributed by atoms with Crippen molar-refractivity contribution in [2.75, 3.05) is 11.4 Å². The highest BCUT2D eigenvalue weighted by atomic mass is 35.5. The topological polar surface area (TPSA) is 115 Å². The molecule has 1 heterocycles. The molecule has 0 saturated carbocycles. The Morgan fingerprint density at radius 1 is 1.33 bits per heavy atom. The molecule has 0 aliphatic heterocycles. The molecule has 0 aliphatic carbocycles. The molecule has 1 aromatic heterocycles. The fourth-order valence-corrected chi connectivity index (χ4v) is 4.30. The first-order valence-corrected chi connectivity index (χ1v) is 10.6. The summed E-state index contributed by atoms with van der Waals surface area (Å²) < 4.78 is 0. The predicted octanol–water partition coefficient (Wildman–Crippen LogP) is 4.10. The van der Waals surface area contributed by atoms with Gasteiger partial charge in [0, 0.05) is 23.6 Å². The summed E-state index contributed by atoms with van der Waals surface area (Å²) in [5.74, 6) is 12.1. The highest BCUT2D eigenvalue weighted by Gasteiger charge is 2.25. The van der Waals surface area contributed by atoms with Crippen LogP contribution in [0.15, 0.2) is 30.8 Å². The molecule has 158 valence electrons. The standard InChI is InChI=1S/C22H27ClN6S/c1-5-20(26)29(15(4)24)22-21(13(2)16-6-8-17(23)9-7-16)14(3)19(30-22)11-10-18(25)12-28-27/h6-9,18,24,26,28H,2,5,12,25,27H2,1,3-4H3. The summed E-state index contributed by atoms with van der Waals surface area (Å²) >= 11 is 7.47. The molecule has 0 spiro atoms. The molecular formula is C22H27ClN6S. The van der Waals surface area contributed by atoms with E-state index < -0.39 is 6.04 Å². The molecule has 0 saturated heterocycles. The summed E-state index contributed by atoms with van der Waals surface area (Å²) in [4.78, 5) is 2.46. The normalized spacial score (nSPS) is 11.4. The Balaban J connectivity index is 2.67. The minimum atomic E-state index is -0.405. The fraction of sp³-hybridized carbons (Fsp3) is 0.273. The van der Waals surface area contributed by atoms with Gasteiger partial charge in [0.2, 0.25) is 0 Å². The number of hydrazine groups is 1. The number of rotatable bonds is 6. The number of anilines is 1. The van der Waals surface area contributed by atoms with Crippen LogP contribution in [0.5, 0.6) is 0 Å². The SMILES string of the molecule is C=C(c1ccc(Cl)cc1)c1c(N(C(C)=N)C(=N)CC)sc(C#CC(N)CNN)c1C. The van der Waals surface area contributed by atoms with E-state index in [4.69, 9.17) is 34.0 Å². The Morgan fingerprint density at radius 3 is 2.50 bits per heavy atom. The summed E-state index contributed by atoms with van der Waals surface area (Å²) in [6.07, 6.45) is 0.494. The number of hydrogen-bond donors (Lipinski definition) is 5. The van der Waals surface area contributed by atoms with E-state index in [1.165, 1.54) is 11.3 Å². The van der Waals surface area contributed by atoms with Gasteiger partial charge in [0.25, 0.3) is 0 Å². The first-order chi connectivity index (χ1) is 14.2. The quantitative estimate of drug-likeness (QED) is 0.152. The Morgan fingerprint density at radius 2 is 1.97 bits per heavy atom. The van der Waals surface area contributed by atoms with Crippen LogP contribution in [0.1, 0.15) is 41.8 Å².